The maximum Gasteiger partial charge on any atom is 0.263 e. The van der Waals surface area contributed by atoms with Crippen LogP contribution in [0.5, 0.6) is 0 Å². The molecule has 0 spiro atoms. The van der Waals surface area contributed by atoms with E-state index in [-0.39, 0.29) is 10.9 Å². The quantitative estimate of drug-likeness (QED) is 0.912. The van der Waals surface area contributed by atoms with E-state index in [1.54, 1.807) is 42.1 Å². The van der Waals surface area contributed by atoms with E-state index in [2.05, 4.69) is 25.8 Å². The number of benzene rings is 1. The highest BCUT2D eigenvalue weighted by molar-refractivity contribution is 9.10. The predicted octanol–water partition coefficient (Wildman–Crippen LogP) is 3.34. The summed E-state index contributed by atoms with van der Waals surface area (Å²) in [5.74, 6) is 0.460. The first kappa shape index (κ1) is 15.1. The highest BCUT2D eigenvalue weighted by Crippen LogP contribution is 2.23. The van der Waals surface area contributed by atoms with Crippen molar-refractivity contribution in [2.45, 2.75) is 31.7 Å². The fourth-order valence-corrected chi connectivity index (χ4v) is 3.67. The third kappa shape index (κ3) is 3.04. The number of anilines is 1. The van der Waals surface area contributed by atoms with E-state index in [1.165, 1.54) is 0 Å². The maximum atomic E-state index is 12.4. The molecule has 2 rings (SSSR count). The van der Waals surface area contributed by atoms with E-state index in [1.807, 2.05) is 13.8 Å². The minimum atomic E-state index is -3.62. The summed E-state index contributed by atoms with van der Waals surface area (Å²) in [4.78, 5) is 0.261. The largest absolute Gasteiger partial charge is 0.264 e. The second kappa shape index (κ2) is 5.57. The van der Waals surface area contributed by atoms with Crippen LogP contribution in [0.15, 0.2) is 39.8 Å². The van der Waals surface area contributed by atoms with Crippen LogP contribution in [0.4, 0.5) is 5.82 Å². The molecule has 0 amide bonds. The SMILES string of the molecule is Cc1cc(Br)ccc1S(=O)(=O)Nc1ccnn1C(C)C. The Morgan fingerprint density at radius 2 is 2.00 bits per heavy atom. The Bertz CT molecular complexity index is 723. The van der Waals surface area contributed by atoms with Gasteiger partial charge in [0.05, 0.1) is 11.1 Å². The van der Waals surface area contributed by atoms with Gasteiger partial charge in [0.15, 0.2) is 0 Å². The topological polar surface area (TPSA) is 64.0 Å². The minimum Gasteiger partial charge on any atom is -0.264 e. The molecule has 0 radical (unpaired) electrons. The van der Waals surface area contributed by atoms with Crippen molar-refractivity contribution in [1.29, 1.82) is 0 Å². The average Bonchev–Trinajstić information content (AvgIpc) is 2.75. The van der Waals surface area contributed by atoms with Gasteiger partial charge in [0.25, 0.3) is 10.0 Å². The highest BCUT2D eigenvalue weighted by Gasteiger charge is 2.19. The molecule has 2 aromatic rings. The van der Waals surface area contributed by atoms with Crippen LogP contribution in [0.3, 0.4) is 0 Å². The minimum absolute atomic E-state index is 0.0775. The summed E-state index contributed by atoms with van der Waals surface area (Å²) in [6.07, 6.45) is 1.58. The van der Waals surface area contributed by atoms with Crippen molar-refractivity contribution in [3.8, 4) is 0 Å². The monoisotopic (exact) mass is 357 g/mol. The van der Waals surface area contributed by atoms with Gasteiger partial charge in [-0.1, -0.05) is 15.9 Å². The van der Waals surface area contributed by atoms with Crippen molar-refractivity contribution < 1.29 is 8.42 Å². The number of rotatable bonds is 4. The van der Waals surface area contributed by atoms with Crippen molar-refractivity contribution in [2.24, 2.45) is 0 Å². The summed E-state index contributed by atoms with van der Waals surface area (Å²) in [6.45, 7) is 5.64. The van der Waals surface area contributed by atoms with Gasteiger partial charge in [-0.25, -0.2) is 13.1 Å². The van der Waals surface area contributed by atoms with Crippen LogP contribution >= 0.6 is 15.9 Å². The molecular weight excluding hydrogens is 342 g/mol. The van der Waals surface area contributed by atoms with Gasteiger partial charge in [0.1, 0.15) is 5.82 Å². The fourth-order valence-electron chi connectivity index (χ4n) is 1.91. The molecule has 0 fully saturated rings. The lowest BCUT2D eigenvalue weighted by Crippen LogP contribution is -2.18. The zero-order valence-corrected chi connectivity index (χ0v) is 13.9. The van der Waals surface area contributed by atoms with Crippen molar-refractivity contribution in [2.75, 3.05) is 4.72 Å². The molecule has 0 bridgehead atoms. The molecule has 0 aliphatic carbocycles. The van der Waals surface area contributed by atoms with Crippen LogP contribution in [0.1, 0.15) is 25.5 Å². The molecule has 0 atom stereocenters. The van der Waals surface area contributed by atoms with Gasteiger partial charge in [-0.3, -0.25) is 4.72 Å². The zero-order chi connectivity index (χ0) is 14.9. The van der Waals surface area contributed by atoms with E-state index in [9.17, 15) is 8.42 Å². The van der Waals surface area contributed by atoms with Crippen molar-refractivity contribution >= 4 is 31.8 Å². The molecule has 0 aliphatic heterocycles. The molecule has 0 aliphatic rings. The molecule has 1 N–H and O–H groups in total. The Labute approximate surface area is 127 Å². The molecule has 1 aromatic carbocycles. The number of aromatic nitrogens is 2. The van der Waals surface area contributed by atoms with Crippen molar-refractivity contribution in [3.05, 3.63) is 40.5 Å². The molecule has 0 saturated carbocycles. The van der Waals surface area contributed by atoms with E-state index in [0.717, 1.165) is 4.47 Å². The zero-order valence-electron chi connectivity index (χ0n) is 11.5. The molecule has 1 aromatic heterocycles. The first-order valence-electron chi connectivity index (χ1n) is 6.14. The highest BCUT2D eigenvalue weighted by atomic mass is 79.9. The van der Waals surface area contributed by atoms with Gasteiger partial charge in [-0.2, -0.15) is 5.10 Å². The summed E-state index contributed by atoms with van der Waals surface area (Å²) >= 11 is 3.32. The molecule has 20 heavy (non-hydrogen) atoms. The first-order chi connectivity index (χ1) is 9.31. The van der Waals surface area contributed by atoms with Crippen molar-refractivity contribution in [3.63, 3.8) is 0 Å². The van der Waals surface area contributed by atoms with E-state index in [4.69, 9.17) is 0 Å². The van der Waals surface area contributed by atoms with Gasteiger partial charge < -0.3 is 0 Å². The lowest BCUT2D eigenvalue weighted by atomic mass is 10.2. The molecule has 5 nitrogen and oxygen atoms in total. The molecule has 108 valence electrons. The Morgan fingerprint density at radius 3 is 2.60 bits per heavy atom. The summed E-state index contributed by atoms with van der Waals surface area (Å²) in [6, 6.07) is 6.79. The molecule has 7 heteroatoms. The first-order valence-corrected chi connectivity index (χ1v) is 8.41. The lowest BCUT2D eigenvalue weighted by Gasteiger charge is -2.14. The Balaban J connectivity index is 2.38. The lowest BCUT2D eigenvalue weighted by molar-refractivity contribution is 0.539. The normalized spacial score (nSPS) is 11.8. The number of sulfonamides is 1. The van der Waals surface area contributed by atoms with Crippen LogP contribution < -0.4 is 4.72 Å². The smallest absolute Gasteiger partial charge is 0.263 e. The van der Waals surface area contributed by atoms with E-state index < -0.39 is 10.0 Å². The van der Waals surface area contributed by atoms with Crippen LogP contribution in [-0.2, 0) is 10.0 Å². The van der Waals surface area contributed by atoms with E-state index in [0.29, 0.717) is 11.4 Å². The van der Waals surface area contributed by atoms with Crippen LogP contribution in [-0.4, -0.2) is 18.2 Å². The number of hydrogen-bond acceptors (Lipinski definition) is 3. The number of nitrogens with one attached hydrogen (secondary N) is 1. The Hall–Kier alpha value is -1.34. The number of halogens is 1. The summed E-state index contributed by atoms with van der Waals surface area (Å²) in [5.41, 5.74) is 0.683. The van der Waals surface area contributed by atoms with Crippen LogP contribution in [0.25, 0.3) is 0 Å². The fraction of sp³-hybridized carbons (Fsp3) is 0.308. The summed E-state index contributed by atoms with van der Waals surface area (Å²) < 4.78 is 29.9. The van der Waals surface area contributed by atoms with Gasteiger partial charge >= 0.3 is 0 Å². The number of aryl methyl sites for hydroxylation is 1. The molecular formula is C13H16BrN3O2S. The summed E-state index contributed by atoms with van der Waals surface area (Å²) in [5, 5.41) is 4.11. The summed E-state index contributed by atoms with van der Waals surface area (Å²) in [7, 11) is -3.62. The molecule has 0 unspecified atom stereocenters. The van der Waals surface area contributed by atoms with Gasteiger partial charge in [0, 0.05) is 16.6 Å². The average molecular weight is 358 g/mol. The van der Waals surface area contributed by atoms with Crippen LogP contribution in [0, 0.1) is 6.92 Å². The van der Waals surface area contributed by atoms with Gasteiger partial charge in [0.2, 0.25) is 0 Å². The second-order valence-corrected chi connectivity index (χ2v) is 7.34. The Morgan fingerprint density at radius 1 is 1.30 bits per heavy atom. The standard InChI is InChI=1S/C13H16BrN3O2S/c1-9(2)17-13(6-7-15-17)16-20(18,19)12-5-4-11(14)8-10(12)3/h4-9,16H,1-3H3. The predicted molar refractivity (Wildman–Crippen MR) is 82.3 cm³/mol. The van der Waals surface area contributed by atoms with Crippen molar-refractivity contribution in [1.82, 2.24) is 9.78 Å². The number of hydrogen-bond donors (Lipinski definition) is 1. The van der Waals surface area contributed by atoms with Gasteiger partial charge in [-0.15, -0.1) is 0 Å². The maximum absolute atomic E-state index is 12.4. The molecule has 1 heterocycles. The number of nitrogens with zero attached hydrogens (tertiary/aromatic N) is 2. The third-order valence-corrected chi connectivity index (χ3v) is 4.83. The van der Waals surface area contributed by atoms with Gasteiger partial charge in [-0.05, 0) is 44.5 Å². The van der Waals surface area contributed by atoms with E-state index >= 15 is 0 Å². The van der Waals surface area contributed by atoms with Crippen LogP contribution in [0.2, 0.25) is 0 Å². The second-order valence-electron chi connectivity index (χ2n) is 4.77. The Kier molecular flexibility index (Phi) is 4.19. The third-order valence-electron chi connectivity index (χ3n) is 2.82. The molecule has 0 saturated heterocycles.